The van der Waals surface area contributed by atoms with E-state index < -0.39 is 16.1 Å². The van der Waals surface area contributed by atoms with Crippen molar-refractivity contribution < 1.29 is 8.42 Å². The van der Waals surface area contributed by atoms with E-state index in [4.69, 9.17) is 5.53 Å². The fraction of sp³-hybridized carbons (Fsp3) is 0.250. The Kier molecular flexibility index (Phi) is 3.98. The minimum absolute atomic E-state index is 0.107. The van der Waals surface area contributed by atoms with Gasteiger partial charge in [0, 0.05) is 11.5 Å². The van der Waals surface area contributed by atoms with Crippen molar-refractivity contribution in [3.05, 3.63) is 70.1 Å². The van der Waals surface area contributed by atoms with Crippen LogP contribution >= 0.6 is 0 Å². The molecule has 6 nitrogen and oxygen atoms in total. The molecular formula is C16H16N4O2S. The highest BCUT2D eigenvalue weighted by Gasteiger charge is 2.37. The summed E-state index contributed by atoms with van der Waals surface area (Å²) in [5.74, 6) is 0. The maximum Gasteiger partial charge on any atom is 0.264 e. The van der Waals surface area contributed by atoms with Crippen molar-refractivity contribution in [2.24, 2.45) is 5.11 Å². The van der Waals surface area contributed by atoms with Crippen LogP contribution in [0.15, 0.2) is 58.5 Å². The van der Waals surface area contributed by atoms with Gasteiger partial charge in [-0.15, -0.1) is 0 Å². The average Bonchev–Trinajstić information content (AvgIpc) is 2.92. The van der Waals surface area contributed by atoms with Gasteiger partial charge in [-0.25, -0.2) is 8.42 Å². The number of rotatable bonds is 4. The molecule has 0 spiro atoms. The number of hydrogen-bond acceptors (Lipinski definition) is 3. The van der Waals surface area contributed by atoms with Gasteiger partial charge in [-0.1, -0.05) is 41.0 Å². The molecule has 0 aliphatic carbocycles. The van der Waals surface area contributed by atoms with Crippen LogP contribution in [0.25, 0.3) is 10.4 Å². The monoisotopic (exact) mass is 328 g/mol. The number of hydrogen-bond donors (Lipinski definition) is 0. The Labute approximate surface area is 135 Å². The first-order chi connectivity index (χ1) is 11.0. The van der Waals surface area contributed by atoms with Crippen LogP contribution in [0.2, 0.25) is 0 Å². The second-order valence-electron chi connectivity index (χ2n) is 5.51. The van der Waals surface area contributed by atoms with E-state index in [1.165, 1.54) is 4.31 Å². The SMILES string of the molecule is Cc1ccc(S(=O)(=O)N2c3ccccc3CC2CN=[N+]=[N-])cc1. The van der Waals surface area contributed by atoms with Gasteiger partial charge in [0.2, 0.25) is 0 Å². The number of fused-ring (bicyclic) bond motifs is 1. The summed E-state index contributed by atoms with van der Waals surface area (Å²) in [6.07, 6.45) is 0.542. The molecule has 0 amide bonds. The summed E-state index contributed by atoms with van der Waals surface area (Å²) >= 11 is 0. The number of sulfonamides is 1. The summed E-state index contributed by atoms with van der Waals surface area (Å²) < 4.78 is 27.5. The third-order valence-electron chi connectivity index (χ3n) is 3.95. The molecule has 0 aromatic heterocycles. The third kappa shape index (κ3) is 2.76. The molecule has 0 saturated carbocycles. The number of anilines is 1. The van der Waals surface area contributed by atoms with Gasteiger partial charge in [-0.05, 0) is 42.6 Å². The first-order valence-electron chi connectivity index (χ1n) is 7.24. The zero-order chi connectivity index (χ0) is 16.4. The summed E-state index contributed by atoms with van der Waals surface area (Å²) in [6, 6.07) is 13.8. The quantitative estimate of drug-likeness (QED) is 0.489. The molecule has 7 heteroatoms. The molecule has 0 fully saturated rings. The molecule has 0 N–H and O–H groups in total. The minimum Gasteiger partial charge on any atom is -0.263 e. The lowest BCUT2D eigenvalue weighted by molar-refractivity contribution is 0.579. The average molecular weight is 328 g/mol. The number of aryl methyl sites for hydroxylation is 1. The topological polar surface area (TPSA) is 86.1 Å². The van der Waals surface area contributed by atoms with Gasteiger partial charge in [-0.2, -0.15) is 0 Å². The van der Waals surface area contributed by atoms with Crippen molar-refractivity contribution in [3.8, 4) is 0 Å². The fourth-order valence-electron chi connectivity index (χ4n) is 2.85. The zero-order valence-corrected chi connectivity index (χ0v) is 13.4. The van der Waals surface area contributed by atoms with Crippen LogP contribution in [0.1, 0.15) is 11.1 Å². The van der Waals surface area contributed by atoms with E-state index in [2.05, 4.69) is 10.0 Å². The molecular weight excluding hydrogens is 312 g/mol. The Morgan fingerprint density at radius 1 is 1.22 bits per heavy atom. The van der Waals surface area contributed by atoms with Crippen molar-refractivity contribution in [3.63, 3.8) is 0 Å². The first kappa shape index (κ1) is 15.4. The Balaban J connectivity index is 2.09. The van der Waals surface area contributed by atoms with E-state index in [1.54, 1.807) is 30.3 Å². The lowest BCUT2D eigenvalue weighted by atomic mass is 10.1. The predicted molar refractivity (Wildman–Crippen MR) is 88.8 cm³/mol. The molecule has 0 bridgehead atoms. The van der Waals surface area contributed by atoms with Crippen LogP contribution in [0.3, 0.4) is 0 Å². The summed E-state index contributed by atoms with van der Waals surface area (Å²) in [5.41, 5.74) is 11.2. The standard InChI is InChI=1S/C16H16N4O2S/c1-12-6-8-15(9-7-12)23(21,22)20-14(11-18-19-17)10-13-4-2-3-5-16(13)20/h2-9,14H,10-11H2,1H3. The van der Waals surface area contributed by atoms with E-state index >= 15 is 0 Å². The van der Waals surface area contributed by atoms with Gasteiger partial charge < -0.3 is 0 Å². The van der Waals surface area contributed by atoms with Crippen LogP contribution < -0.4 is 4.31 Å². The Morgan fingerprint density at radius 3 is 2.61 bits per heavy atom. The van der Waals surface area contributed by atoms with Crippen molar-refractivity contribution in [1.82, 2.24) is 0 Å². The zero-order valence-electron chi connectivity index (χ0n) is 12.6. The summed E-state index contributed by atoms with van der Waals surface area (Å²) in [7, 11) is -3.70. The molecule has 23 heavy (non-hydrogen) atoms. The molecule has 1 aliphatic rings. The molecule has 0 saturated heterocycles. The summed E-state index contributed by atoms with van der Waals surface area (Å²) in [6.45, 7) is 2.02. The maximum atomic E-state index is 13.1. The van der Waals surface area contributed by atoms with E-state index in [0.29, 0.717) is 12.1 Å². The van der Waals surface area contributed by atoms with Gasteiger partial charge in [0.25, 0.3) is 10.0 Å². The molecule has 1 heterocycles. The molecule has 1 atom stereocenters. The molecule has 2 aromatic carbocycles. The van der Waals surface area contributed by atoms with Crippen LogP contribution in [-0.4, -0.2) is 21.0 Å². The molecule has 118 valence electrons. The smallest absolute Gasteiger partial charge is 0.263 e. The summed E-state index contributed by atoms with van der Waals surface area (Å²) in [5, 5.41) is 3.58. The van der Waals surface area contributed by atoms with Crippen molar-refractivity contribution in [2.45, 2.75) is 24.3 Å². The van der Waals surface area contributed by atoms with Gasteiger partial charge in [0.1, 0.15) is 0 Å². The highest BCUT2D eigenvalue weighted by molar-refractivity contribution is 7.92. The van der Waals surface area contributed by atoms with Gasteiger partial charge in [-0.3, -0.25) is 4.31 Å². The number of nitrogens with zero attached hydrogens (tertiary/aromatic N) is 4. The second kappa shape index (κ2) is 5.95. The van der Waals surface area contributed by atoms with E-state index in [1.807, 2.05) is 25.1 Å². The van der Waals surface area contributed by atoms with E-state index in [0.717, 1.165) is 11.1 Å². The van der Waals surface area contributed by atoms with Crippen LogP contribution in [0.5, 0.6) is 0 Å². The Hall–Kier alpha value is -2.50. The van der Waals surface area contributed by atoms with Crippen molar-refractivity contribution in [1.29, 1.82) is 0 Å². The number of para-hydroxylation sites is 1. The van der Waals surface area contributed by atoms with Gasteiger partial charge in [0.15, 0.2) is 0 Å². The Bertz CT molecular complexity index is 871. The van der Waals surface area contributed by atoms with Gasteiger partial charge >= 0.3 is 0 Å². The van der Waals surface area contributed by atoms with E-state index in [-0.39, 0.29) is 11.4 Å². The lowest BCUT2D eigenvalue weighted by Gasteiger charge is -2.26. The van der Waals surface area contributed by atoms with Crippen molar-refractivity contribution in [2.75, 3.05) is 10.8 Å². The van der Waals surface area contributed by atoms with Crippen LogP contribution in [-0.2, 0) is 16.4 Å². The highest BCUT2D eigenvalue weighted by Crippen LogP contribution is 2.36. The number of benzene rings is 2. The number of azide groups is 1. The molecule has 2 aromatic rings. The normalized spacial score (nSPS) is 16.7. The second-order valence-corrected chi connectivity index (χ2v) is 7.33. The lowest BCUT2D eigenvalue weighted by Crippen LogP contribution is -2.39. The molecule has 1 unspecified atom stereocenters. The van der Waals surface area contributed by atoms with Gasteiger partial charge in [0.05, 0.1) is 16.6 Å². The third-order valence-corrected chi connectivity index (χ3v) is 5.83. The van der Waals surface area contributed by atoms with Crippen molar-refractivity contribution >= 4 is 15.7 Å². The predicted octanol–water partition coefficient (Wildman–Crippen LogP) is 3.43. The highest BCUT2D eigenvalue weighted by atomic mass is 32.2. The van der Waals surface area contributed by atoms with Crippen LogP contribution in [0, 0.1) is 6.92 Å². The molecule has 0 radical (unpaired) electrons. The van der Waals surface area contributed by atoms with Crippen LogP contribution in [0.4, 0.5) is 5.69 Å². The van der Waals surface area contributed by atoms with E-state index in [9.17, 15) is 8.42 Å². The Morgan fingerprint density at radius 2 is 1.91 bits per heavy atom. The maximum absolute atomic E-state index is 13.1. The fourth-order valence-corrected chi connectivity index (χ4v) is 4.53. The summed E-state index contributed by atoms with van der Waals surface area (Å²) in [4.78, 5) is 3.01. The molecule has 1 aliphatic heterocycles. The molecule has 3 rings (SSSR count). The first-order valence-corrected chi connectivity index (χ1v) is 8.68. The minimum atomic E-state index is -3.70. The largest absolute Gasteiger partial charge is 0.264 e.